The van der Waals surface area contributed by atoms with Crippen LogP contribution >= 0.6 is 0 Å². The first kappa shape index (κ1) is 18.1. The van der Waals surface area contributed by atoms with E-state index in [-0.39, 0.29) is 24.4 Å². The molecule has 7 heteroatoms. The smallest absolute Gasteiger partial charge is 0.244 e. The van der Waals surface area contributed by atoms with Crippen molar-refractivity contribution in [1.29, 1.82) is 0 Å². The van der Waals surface area contributed by atoms with Gasteiger partial charge in [-0.05, 0) is 44.9 Å². The molecule has 0 saturated carbocycles. The Morgan fingerprint density at radius 1 is 1.31 bits per heavy atom. The Kier molecular flexibility index (Phi) is 5.35. The van der Waals surface area contributed by atoms with Crippen molar-refractivity contribution in [2.45, 2.75) is 52.7 Å². The van der Waals surface area contributed by atoms with E-state index in [1.165, 1.54) is 6.92 Å². The largest absolute Gasteiger partial charge is 0.351 e. The van der Waals surface area contributed by atoms with Gasteiger partial charge in [-0.3, -0.25) is 19.3 Å². The molecule has 2 amide bonds. The third kappa shape index (κ3) is 4.09. The van der Waals surface area contributed by atoms with E-state index in [9.17, 15) is 9.59 Å². The summed E-state index contributed by atoms with van der Waals surface area (Å²) in [6.07, 6.45) is 1.87. The SMILES string of the molecule is CC(=O)NCc1cccc(C2CCCN2C(=O)Cn2nc(C)cc2C)n1. The van der Waals surface area contributed by atoms with Crippen LogP contribution in [-0.2, 0) is 22.7 Å². The number of nitrogens with zero attached hydrogens (tertiary/aromatic N) is 4. The highest BCUT2D eigenvalue weighted by molar-refractivity contribution is 5.76. The van der Waals surface area contributed by atoms with E-state index >= 15 is 0 Å². The minimum atomic E-state index is -0.0836. The molecule has 26 heavy (non-hydrogen) atoms. The van der Waals surface area contributed by atoms with E-state index in [1.54, 1.807) is 4.68 Å². The lowest BCUT2D eigenvalue weighted by Gasteiger charge is -2.25. The summed E-state index contributed by atoms with van der Waals surface area (Å²) >= 11 is 0. The highest BCUT2D eigenvalue weighted by atomic mass is 16.2. The average Bonchev–Trinajstić information content (AvgIpc) is 3.20. The van der Waals surface area contributed by atoms with Gasteiger partial charge in [0.05, 0.1) is 29.7 Å². The minimum Gasteiger partial charge on any atom is -0.351 e. The van der Waals surface area contributed by atoms with Gasteiger partial charge in [0.1, 0.15) is 6.54 Å². The molecule has 0 radical (unpaired) electrons. The van der Waals surface area contributed by atoms with Crippen LogP contribution in [0.25, 0.3) is 0 Å². The molecule has 3 heterocycles. The minimum absolute atomic E-state index is 0.0169. The van der Waals surface area contributed by atoms with Crippen LogP contribution in [0, 0.1) is 13.8 Å². The molecule has 1 aliphatic heterocycles. The number of carbonyl (C=O) groups is 2. The van der Waals surface area contributed by atoms with Gasteiger partial charge in [-0.25, -0.2) is 0 Å². The maximum atomic E-state index is 12.8. The second kappa shape index (κ2) is 7.68. The van der Waals surface area contributed by atoms with Gasteiger partial charge in [0.15, 0.2) is 0 Å². The molecule has 0 aliphatic carbocycles. The number of hydrogen-bond donors (Lipinski definition) is 1. The van der Waals surface area contributed by atoms with Gasteiger partial charge in [0.2, 0.25) is 11.8 Å². The molecular formula is C19H25N5O2. The standard InChI is InChI=1S/C19H25N5O2/c1-13-10-14(2)24(22-13)12-19(26)23-9-5-8-18(23)17-7-4-6-16(21-17)11-20-15(3)25/h4,6-7,10,18H,5,8-9,11-12H2,1-3H3,(H,20,25). The summed E-state index contributed by atoms with van der Waals surface area (Å²) < 4.78 is 1.76. The second-order valence-corrected chi connectivity index (χ2v) is 6.79. The molecule has 2 aromatic rings. The summed E-state index contributed by atoms with van der Waals surface area (Å²) in [7, 11) is 0. The molecule has 1 N–H and O–H groups in total. The highest BCUT2D eigenvalue weighted by Crippen LogP contribution is 2.31. The average molecular weight is 355 g/mol. The molecule has 1 unspecified atom stereocenters. The number of aryl methyl sites for hydroxylation is 2. The highest BCUT2D eigenvalue weighted by Gasteiger charge is 2.31. The topological polar surface area (TPSA) is 80.1 Å². The van der Waals surface area contributed by atoms with Gasteiger partial charge in [0.25, 0.3) is 0 Å². The number of pyridine rings is 1. The van der Waals surface area contributed by atoms with Crippen molar-refractivity contribution >= 4 is 11.8 Å². The van der Waals surface area contributed by atoms with Gasteiger partial charge in [0, 0.05) is 19.2 Å². The predicted molar refractivity (Wildman–Crippen MR) is 97.1 cm³/mol. The Bertz CT molecular complexity index is 814. The lowest BCUT2D eigenvalue weighted by atomic mass is 10.1. The monoisotopic (exact) mass is 355 g/mol. The van der Waals surface area contributed by atoms with Gasteiger partial charge in [-0.15, -0.1) is 0 Å². The van der Waals surface area contributed by atoms with Crippen molar-refractivity contribution in [3.8, 4) is 0 Å². The summed E-state index contributed by atoms with van der Waals surface area (Å²) in [6, 6.07) is 7.73. The van der Waals surface area contributed by atoms with Crippen LogP contribution in [-0.4, -0.2) is 38.0 Å². The molecule has 1 aliphatic rings. The fourth-order valence-electron chi connectivity index (χ4n) is 3.42. The molecule has 7 nitrogen and oxygen atoms in total. The van der Waals surface area contributed by atoms with Crippen molar-refractivity contribution in [1.82, 2.24) is 25.0 Å². The zero-order valence-electron chi connectivity index (χ0n) is 15.5. The number of amides is 2. The van der Waals surface area contributed by atoms with Gasteiger partial charge in [-0.1, -0.05) is 6.07 Å². The van der Waals surface area contributed by atoms with Gasteiger partial charge >= 0.3 is 0 Å². The van der Waals surface area contributed by atoms with Crippen LogP contribution in [0.15, 0.2) is 24.3 Å². The van der Waals surface area contributed by atoms with Crippen molar-refractivity contribution in [3.63, 3.8) is 0 Å². The Balaban J connectivity index is 1.73. The number of likely N-dealkylation sites (tertiary alicyclic amines) is 1. The zero-order valence-corrected chi connectivity index (χ0v) is 15.5. The quantitative estimate of drug-likeness (QED) is 0.888. The summed E-state index contributed by atoms with van der Waals surface area (Å²) in [5.74, 6) is -0.0208. The molecule has 138 valence electrons. The van der Waals surface area contributed by atoms with Crippen molar-refractivity contribution in [3.05, 3.63) is 47.0 Å². The normalized spacial score (nSPS) is 16.7. The van der Waals surface area contributed by atoms with E-state index in [2.05, 4.69) is 15.4 Å². The summed E-state index contributed by atoms with van der Waals surface area (Å²) in [5, 5.41) is 7.15. The molecular weight excluding hydrogens is 330 g/mol. The molecule has 2 aromatic heterocycles. The molecule has 1 saturated heterocycles. The van der Waals surface area contributed by atoms with E-state index in [1.807, 2.05) is 43.0 Å². The molecule has 3 rings (SSSR count). The maximum absolute atomic E-state index is 12.8. The maximum Gasteiger partial charge on any atom is 0.244 e. The summed E-state index contributed by atoms with van der Waals surface area (Å²) in [4.78, 5) is 30.5. The predicted octanol–water partition coefficient (Wildman–Crippen LogP) is 1.89. The van der Waals surface area contributed by atoms with Crippen LogP contribution in [0.4, 0.5) is 0 Å². The first-order chi connectivity index (χ1) is 12.4. The van der Waals surface area contributed by atoms with Crippen LogP contribution < -0.4 is 5.32 Å². The summed E-state index contributed by atoms with van der Waals surface area (Å²) in [6.45, 7) is 6.76. The Morgan fingerprint density at radius 3 is 2.81 bits per heavy atom. The first-order valence-electron chi connectivity index (χ1n) is 8.95. The first-order valence-corrected chi connectivity index (χ1v) is 8.95. The Hall–Kier alpha value is -2.70. The van der Waals surface area contributed by atoms with E-state index in [4.69, 9.17) is 0 Å². The molecule has 0 bridgehead atoms. The molecule has 0 aromatic carbocycles. The number of carbonyl (C=O) groups excluding carboxylic acids is 2. The lowest BCUT2D eigenvalue weighted by Crippen LogP contribution is -2.34. The Labute approximate surface area is 153 Å². The lowest BCUT2D eigenvalue weighted by molar-refractivity contribution is -0.133. The number of aromatic nitrogens is 3. The van der Waals surface area contributed by atoms with E-state index < -0.39 is 0 Å². The van der Waals surface area contributed by atoms with Crippen molar-refractivity contribution < 1.29 is 9.59 Å². The van der Waals surface area contributed by atoms with Crippen LogP contribution in [0.2, 0.25) is 0 Å². The molecule has 0 spiro atoms. The van der Waals surface area contributed by atoms with E-state index in [0.717, 1.165) is 42.2 Å². The number of nitrogens with one attached hydrogen (secondary N) is 1. The van der Waals surface area contributed by atoms with Gasteiger partial charge in [-0.2, -0.15) is 5.10 Å². The van der Waals surface area contributed by atoms with Crippen LogP contribution in [0.3, 0.4) is 0 Å². The fourth-order valence-corrected chi connectivity index (χ4v) is 3.42. The summed E-state index contributed by atoms with van der Waals surface area (Å²) in [5.41, 5.74) is 3.59. The van der Waals surface area contributed by atoms with Gasteiger partial charge < -0.3 is 10.2 Å². The van der Waals surface area contributed by atoms with E-state index in [0.29, 0.717) is 6.54 Å². The molecule has 1 fully saturated rings. The Morgan fingerprint density at radius 2 is 2.12 bits per heavy atom. The third-order valence-corrected chi connectivity index (χ3v) is 4.65. The fraction of sp³-hybridized carbons (Fsp3) is 0.474. The number of rotatable bonds is 5. The van der Waals surface area contributed by atoms with Crippen molar-refractivity contribution in [2.75, 3.05) is 6.54 Å². The third-order valence-electron chi connectivity index (χ3n) is 4.65. The molecule has 1 atom stereocenters. The number of hydrogen-bond acceptors (Lipinski definition) is 4. The van der Waals surface area contributed by atoms with Crippen LogP contribution in [0.5, 0.6) is 0 Å². The zero-order chi connectivity index (χ0) is 18.7. The second-order valence-electron chi connectivity index (χ2n) is 6.79. The van der Waals surface area contributed by atoms with Crippen LogP contribution in [0.1, 0.15) is 48.6 Å². The van der Waals surface area contributed by atoms with Crippen molar-refractivity contribution in [2.24, 2.45) is 0 Å².